The zero-order valence-electron chi connectivity index (χ0n) is 13.7. The lowest BCUT2D eigenvalue weighted by Gasteiger charge is -2.25. The number of ether oxygens (including phenoxy) is 3. The molecule has 0 aromatic heterocycles. The number of esters is 1. The Labute approximate surface area is 126 Å². The summed E-state index contributed by atoms with van der Waals surface area (Å²) in [4.78, 5) is 25.7. The van der Waals surface area contributed by atoms with Crippen molar-refractivity contribution in [3.63, 3.8) is 0 Å². The fourth-order valence-electron chi connectivity index (χ4n) is 2.43. The van der Waals surface area contributed by atoms with E-state index < -0.39 is 5.60 Å². The molecule has 122 valence electrons. The van der Waals surface area contributed by atoms with Crippen LogP contribution in [-0.2, 0) is 19.0 Å². The maximum absolute atomic E-state index is 12.0. The highest BCUT2D eigenvalue weighted by Crippen LogP contribution is 2.27. The molecule has 1 aliphatic rings. The summed E-state index contributed by atoms with van der Waals surface area (Å²) in [6, 6.07) is 0. The maximum Gasteiger partial charge on any atom is 0.410 e. The van der Waals surface area contributed by atoms with Gasteiger partial charge >= 0.3 is 12.1 Å². The third-order valence-corrected chi connectivity index (χ3v) is 3.38. The number of nitrogens with zero attached hydrogens (tertiary/aromatic N) is 1. The zero-order chi connectivity index (χ0) is 16.0. The first-order chi connectivity index (χ1) is 9.78. The average Bonchev–Trinajstić information content (AvgIpc) is 2.83. The molecule has 1 amide bonds. The highest BCUT2D eigenvalue weighted by Gasteiger charge is 2.37. The molecule has 1 fully saturated rings. The van der Waals surface area contributed by atoms with Crippen LogP contribution < -0.4 is 0 Å². The van der Waals surface area contributed by atoms with Crippen molar-refractivity contribution in [3.05, 3.63) is 0 Å². The van der Waals surface area contributed by atoms with Crippen LogP contribution in [0, 0.1) is 11.8 Å². The van der Waals surface area contributed by atoms with Gasteiger partial charge in [0.05, 0.1) is 19.1 Å². The molecule has 6 heteroatoms. The first-order valence-corrected chi connectivity index (χ1v) is 7.42. The lowest BCUT2D eigenvalue weighted by atomic mass is 9.92. The minimum absolute atomic E-state index is 0.0523. The van der Waals surface area contributed by atoms with Gasteiger partial charge in [-0.25, -0.2) is 4.79 Å². The standard InChI is InChI=1S/C15H27NO5/c1-6-20-13(17)12(10-19-5)11-7-8-16(9-11)14(18)21-15(2,3)4/h11-12H,6-10H2,1-5H3. The maximum atomic E-state index is 12.0. The second-order valence-corrected chi connectivity index (χ2v) is 6.29. The van der Waals surface area contributed by atoms with Gasteiger partial charge < -0.3 is 19.1 Å². The summed E-state index contributed by atoms with van der Waals surface area (Å²) in [5.74, 6) is -0.533. The second-order valence-electron chi connectivity index (χ2n) is 6.29. The van der Waals surface area contributed by atoms with Gasteiger partial charge in [0.15, 0.2) is 0 Å². The molecule has 0 aliphatic carbocycles. The van der Waals surface area contributed by atoms with Crippen molar-refractivity contribution in [3.8, 4) is 0 Å². The number of carbonyl (C=O) groups excluding carboxylic acids is 2. The van der Waals surface area contributed by atoms with E-state index >= 15 is 0 Å². The highest BCUT2D eigenvalue weighted by molar-refractivity contribution is 5.73. The van der Waals surface area contributed by atoms with Crippen LogP contribution in [0.2, 0.25) is 0 Å². The van der Waals surface area contributed by atoms with Gasteiger partial charge in [-0.1, -0.05) is 0 Å². The van der Waals surface area contributed by atoms with E-state index in [1.165, 1.54) is 0 Å². The number of methoxy groups -OCH3 is 1. The summed E-state index contributed by atoms with van der Waals surface area (Å²) in [6.07, 6.45) is 0.427. The number of likely N-dealkylation sites (tertiary alicyclic amines) is 1. The van der Waals surface area contributed by atoms with Crippen LogP contribution in [0.4, 0.5) is 4.79 Å². The molecule has 0 aromatic carbocycles. The topological polar surface area (TPSA) is 65.1 Å². The third-order valence-electron chi connectivity index (χ3n) is 3.38. The van der Waals surface area contributed by atoms with Crippen LogP contribution in [-0.4, -0.2) is 56.0 Å². The van der Waals surface area contributed by atoms with Crippen LogP contribution in [0.5, 0.6) is 0 Å². The quantitative estimate of drug-likeness (QED) is 0.727. The van der Waals surface area contributed by atoms with Crippen molar-refractivity contribution in [1.29, 1.82) is 0 Å². The van der Waals surface area contributed by atoms with E-state index in [4.69, 9.17) is 14.2 Å². The lowest BCUT2D eigenvalue weighted by Crippen LogP contribution is -2.37. The Balaban J connectivity index is 2.61. The fourth-order valence-corrected chi connectivity index (χ4v) is 2.43. The van der Waals surface area contributed by atoms with Gasteiger partial charge in [0, 0.05) is 20.2 Å². The summed E-state index contributed by atoms with van der Waals surface area (Å²) in [5, 5.41) is 0. The number of carbonyl (C=O) groups is 2. The summed E-state index contributed by atoms with van der Waals surface area (Å²) >= 11 is 0. The first-order valence-electron chi connectivity index (χ1n) is 7.42. The van der Waals surface area contributed by atoms with Crippen LogP contribution in [0.15, 0.2) is 0 Å². The molecular formula is C15H27NO5. The minimum Gasteiger partial charge on any atom is -0.466 e. The smallest absolute Gasteiger partial charge is 0.410 e. The van der Waals surface area contributed by atoms with Gasteiger partial charge in [0.25, 0.3) is 0 Å². The zero-order valence-corrected chi connectivity index (χ0v) is 13.7. The predicted molar refractivity (Wildman–Crippen MR) is 77.9 cm³/mol. The minimum atomic E-state index is -0.512. The summed E-state index contributed by atoms with van der Waals surface area (Å²) < 4.78 is 15.6. The largest absolute Gasteiger partial charge is 0.466 e. The molecule has 2 atom stereocenters. The Morgan fingerprint density at radius 2 is 2.00 bits per heavy atom. The molecular weight excluding hydrogens is 274 g/mol. The Kier molecular flexibility index (Phi) is 6.45. The van der Waals surface area contributed by atoms with E-state index in [1.54, 1.807) is 18.9 Å². The molecule has 1 rings (SSSR count). The summed E-state index contributed by atoms with van der Waals surface area (Å²) in [6.45, 7) is 9.05. The van der Waals surface area contributed by atoms with Crippen molar-refractivity contribution < 1.29 is 23.8 Å². The molecule has 0 saturated carbocycles. The second kappa shape index (κ2) is 7.64. The van der Waals surface area contributed by atoms with E-state index in [9.17, 15) is 9.59 Å². The molecule has 0 radical (unpaired) electrons. The third kappa shape index (κ3) is 5.53. The number of hydrogen-bond acceptors (Lipinski definition) is 5. The summed E-state index contributed by atoms with van der Waals surface area (Å²) in [7, 11) is 1.56. The summed E-state index contributed by atoms with van der Waals surface area (Å²) in [5.41, 5.74) is -0.512. The molecule has 21 heavy (non-hydrogen) atoms. The van der Waals surface area contributed by atoms with E-state index in [0.717, 1.165) is 6.42 Å². The monoisotopic (exact) mass is 301 g/mol. The van der Waals surface area contributed by atoms with Gasteiger partial charge in [0.1, 0.15) is 5.60 Å². The van der Waals surface area contributed by atoms with Crippen molar-refractivity contribution in [2.24, 2.45) is 11.8 Å². The van der Waals surface area contributed by atoms with Crippen molar-refractivity contribution in [2.45, 2.75) is 39.7 Å². The lowest BCUT2D eigenvalue weighted by molar-refractivity contribution is -0.152. The van der Waals surface area contributed by atoms with Gasteiger partial charge in [-0.2, -0.15) is 0 Å². The normalized spacial score (nSPS) is 20.2. The molecule has 6 nitrogen and oxygen atoms in total. The van der Waals surface area contributed by atoms with Gasteiger partial charge in [-0.3, -0.25) is 4.79 Å². The molecule has 1 aliphatic heterocycles. The Morgan fingerprint density at radius 3 is 2.52 bits per heavy atom. The fraction of sp³-hybridized carbons (Fsp3) is 0.867. The van der Waals surface area contributed by atoms with E-state index in [2.05, 4.69) is 0 Å². The number of amides is 1. The van der Waals surface area contributed by atoms with Crippen molar-refractivity contribution >= 4 is 12.1 Å². The number of hydrogen-bond donors (Lipinski definition) is 0. The van der Waals surface area contributed by atoms with Crippen LogP contribution in [0.1, 0.15) is 34.1 Å². The van der Waals surface area contributed by atoms with Gasteiger partial charge in [-0.15, -0.1) is 0 Å². The first kappa shape index (κ1) is 17.8. The van der Waals surface area contributed by atoms with Crippen molar-refractivity contribution in [2.75, 3.05) is 33.4 Å². The molecule has 1 heterocycles. The average molecular weight is 301 g/mol. The van der Waals surface area contributed by atoms with Crippen LogP contribution in [0.25, 0.3) is 0 Å². The Bertz CT molecular complexity index is 364. The number of rotatable bonds is 5. The molecule has 0 bridgehead atoms. The molecule has 0 N–H and O–H groups in total. The van der Waals surface area contributed by atoms with Crippen molar-refractivity contribution in [1.82, 2.24) is 4.90 Å². The van der Waals surface area contributed by atoms with Gasteiger partial charge in [0.2, 0.25) is 0 Å². The van der Waals surface area contributed by atoms with E-state index in [1.807, 2.05) is 20.8 Å². The molecule has 0 aromatic rings. The highest BCUT2D eigenvalue weighted by atomic mass is 16.6. The predicted octanol–water partition coefficient (Wildman–Crippen LogP) is 2.07. The van der Waals surface area contributed by atoms with E-state index in [-0.39, 0.29) is 23.9 Å². The molecule has 2 unspecified atom stereocenters. The molecule has 1 saturated heterocycles. The van der Waals surface area contributed by atoms with E-state index in [0.29, 0.717) is 26.3 Å². The molecule has 0 spiro atoms. The Morgan fingerprint density at radius 1 is 1.33 bits per heavy atom. The van der Waals surface area contributed by atoms with Crippen LogP contribution in [0.3, 0.4) is 0 Å². The SMILES string of the molecule is CCOC(=O)C(COC)C1CCN(C(=O)OC(C)(C)C)C1. The Hall–Kier alpha value is -1.30. The van der Waals surface area contributed by atoms with Gasteiger partial charge in [-0.05, 0) is 40.0 Å². The van der Waals surface area contributed by atoms with Crippen LogP contribution >= 0.6 is 0 Å².